The van der Waals surface area contributed by atoms with Gasteiger partial charge < -0.3 is 9.16 Å². The number of hydrogen-bond acceptors (Lipinski definition) is 3. The minimum atomic E-state index is -1.69. The van der Waals surface area contributed by atoms with E-state index < -0.39 is 8.32 Å². The molecule has 1 saturated carbocycles. The van der Waals surface area contributed by atoms with Gasteiger partial charge in [0.2, 0.25) is 0 Å². The third-order valence-corrected chi connectivity index (χ3v) is 11.1. The Kier molecular flexibility index (Phi) is 6.16. The number of fused-ring (bicyclic) bond motifs is 3. The van der Waals surface area contributed by atoms with Crippen LogP contribution in [0.2, 0.25) is 18.1 Å². The average Bonchev–Trinajstić information content (AvgIpc) is 2.53. The first-order valence-electron chi connectivity index (χ1n) is 8.50. The molecule has 3 rings (SSSR count). The topological polar surface area (TPSA) is 35.5 Å². The second-order valence-corrected chi connectivity index (χ2v) is 12.4. The zero-order valence-electron chi connectivity index (χ0n) is 13.6. The highest BCUT2D eigenvalue weighted by molar-refractivity contribution is 14.1. The highest BCUT2D eigenvalue weighted by Gasteiger charge is 2.55. The Labute approximate surface area is 143 Å². The first kappa shape index (κ1) is 17.7. The summed E-state index contributed by atoms with van der Waals surface area (Å²) in [4.78, 5) is 12.6. The van der Waals surface area contributed by atoms with Crippen LogP contribution in [0.3, 0.4) is 0 Å². The van der Waals surface area contributed by atoms with Gasteiger partial charge in [0.1, 0.15) is 6.10 Å². The van der Waals surface area contributed by atoms with Crippen LogP contribution < -0.4 is 0 Å². The highest BCUT2D eigenvalue weighted by atomic mass is 127. The van der Waals surface area contributed by atoms with Gasteiger partial charge in [-0.3, -0.25) is 4.79 Å². The standard InChI is InChI=1S/C16H29IO3Si/c1-4-21(5-2,6-3)20-14(9-12-17)16-10-7-13(8-11-16)19-15(16)18/h13-14H,4-12H2,1-3H3/t13?,14-,16?/m0/s1. The van der Waals surface area contributed by atoms with Crippen molar-refractivity contribution < 1.29 is 14.0 Å². The maximum Gasteiger partial charge on any atom is 0.314 e. The molecule has 21 heavy (non-hydrogen) atoms. The fourth-order valence-electron chi connectivity index (χ4n) is 4.00. The molecule has 0 amide bonds. The normalized spacial score (nSPS) is 30.3. The fraction of sp³-hybridized carbons (Fsp3) is 0.938. The quantitative estimate of drug-likeness (QED) is 0.246. The Morgan fingerprint density at radius 3 is 2.29 bits per heavy atom. The number of carbonyl (C=O) groups is 1. The molecule has 0 spiro atoms. The van der Waals surface area contributed by atoms with Crippen LogP contribution in [0.25, 0.3) is 0 Å². The van der Waals surface area contributed by atoms with E-state index in [0.717, 1.165) is 54.7 Å². The van der Waals surface area contributed by atoms with Crippen molar-refractivity contribution in [3.63, 3.8) is 0 Å². The number of rotatable bonds is 8. The monoisotopic (exact) mass is 424 g/mol. The van der Waals surface area contributed by atoms with Gasteiger partial charge in [0, 0.05) is 4.43 Å². The van der Waals surface area contributed by atoms with Crippen LogP contribution in [0.15, 0.2) is 0 Å². The van der Waals surface area contributed by atoms with Gasteiger partial charge in [-0.15, -0.1) is 0 Å². The van der Waals surface area contributed by atoms with Crippen molar-refractivity contribution in [1.82, 2.24) is 0 Å². The molecule has 0 aromatic rings. The number of esters is 1. The largest absolute Gasteiger partial charge is 0.462 e. The summed E-state index contributed by atoms with van der Waals surface area (Å²) in [5, 5.41) is 0. The predicted octanol–water partition coefficient (Wildman–Crippen LogP) is 4.69. The molecule has 3 nitrogen and oxygen atoms in total. The van der Waals surface area contributed by atoms with Gasteiger partial charge in [0.15, 0.2) is 8.32 Å². The number of alkyl halides is 1. The van der Waals surface area contributed by atoms with Gasteiger partial charge in [-0.25, -0.2) is 0 Å². The van der Waals surface area contributed by atoms with E-state index in [-0.39, 0.29) is 23.6 Å². The predicted molar refractivity (Wildman–Crippen MR) is 96.4 cm³/mol. The molecule has 0 aromatic heterocycles. The Bertz CT molecular complexity index is 354. The van der Waals surface area contributed by atoms with E-state index in [4.69, 9.17) is 9.16 Å². The maximum atomic E-state index is 12.6. The SMILES string of the molecule is CC[Si](CC)(CC)O[C@@H](CCI)C12CCC(CC1)OC2=O. The van der Waals surface area contributed by atoms with Gasteiger partial charge >= 0.3 is 5.97 Å². The van der Waals surface area contributed by atoms with E-state index in [9.17, 15) is 4.79 Å². The third-order valence-electron chi connectivity index (χ3n) is 5.82. The summed E-state index contributed by atoms with van der Waals surface area (Å²) in [6.45, 7) is 6.77. The molecule has 0 N–H and O–H groups in total. The van der Waals surface area contributed by atoms with Crippen LogP contribution in [0.1, 0.15) is 52.9 Å². The molecule has 122 valence electrons. The fourth-order valence-corrected chi connectivity index (χ4v) is 7.51. The lowest BCUT2D eigenvalue weighted by Crippen LogP contribution is -2.57. The maximum absolute atomic E-state index is 12.6. The Morgan fingerprint density at radius 2 is 1.86 bits per heavy atom. The van der Waals surface area contributed by atoms with Gasteiger partial charge in [-0.1, -0.05) is 43.4 Å². The highest BCUT2D eigenvalue weighted by Crippen LogP contribution is 2.49. The summed E-state index contributed by atoms with van der Waals surface area (Å²) in [6.07, 6.45) is 5.26. The van der Waals surface area contributed by atoms with Crippen LogP contribution in [0.5, 0.6) is 0 Å². The molecule has 1 atom stereocenters. The van der Waals surface area contributed by atoms with Crippen molar-refractivity contribution in [2.45, 2.75) is 83.2 Å². The second-order valence-electron chi connectivity index (χ2n) is 6.59. The van der Waals surface area contributed by atoms with E-state index in [1.807, 2.05) is 0 Å². The second kappa shape index (κ2) is 7.30. The Balaban J connectivity index is 2.23. The van der Waals surface area contributed by atoms with Crippen molar-refractivity contribution in [3.8, 4) is 0 Å². The first-order valence-corrected chi connectivity index (χ1v) is 12.6. The molecule has 3 fully saturated rings. The summed E-state index contributed by atoms with van der Waals surface area (Å²) in [6, 6.07) is 3.43. The van der Waals surface area contributed by atoms with E-state index in [2.05, 4.69) is 43.4 Å². The Morgan fingerprint density at radius 1 is 1.29 bits per heavy atom. The zero-order valence-corrected chi connectivity index (χ0v) is 16.8. The summed E-state index contributed by atoms with van der Waals surface area (Å²) in [7, 11) is -1.69. The Hall–Kier alpha value is 0.377. The number of ether oxygens (including phenoxy) is 1. The van der Waals surface area contributed by atoms with Gasteiger partial charge in [0.25, 0.3) is 0 Å². The van der Waals surface area contributed by atoms with Crippen molar-refractivity contribution >= 4 is 36.9 Å². The smallest absolute Gasteiger partial charge is 0.314 e. The number of halogens is 1. The van der Waals surface area contributed by atoms with Crippen molar-refractivity contribution in [2.75, 3.05) is 4.43 Å². The lowest BCUT2D eigenvalue weighted by atomic mass is 9.66. The molecule has 0 radical (unpaired) electrons. The van der Waals surface area contributed by atoms with Crippen molar-refractivity contribution in [3.05, 3.63) is 0 Å². The molecule has 0 aromatic carbocycles. The third kappa shape index (κ3) is 3.34. The molecule has 2 heterocycles. The van der Waals surface area contributed by atoms with Crippen molar-refractivity contribution in [2.24, 2.45) is 5.41 Å². The number of carbonyl (C=O) groups excluding carboxylic acids is 1. The van der Waals surface area contributed by atoms with Gasteiger partial charge in [-0.05, 0) is 50.2 Å². The summed E-state index contributed by atoms with van der Waals surface area (Å²) < 4.78 is 13.5. The van der Waals surface area contributed by atoms with Crippen LogP contribution >= 0.6 is 22.6 Å². The lowest BCUT2D eigenvalue weighted by molar-refractivity contribution is -0.193. The molecular formula is C16H29IO3Si. The summed E-state index contributed by atoms with van der Waals surface area (Å²) in [5.41, 5.74) is -0.336. The molecule has 0 unspecified atom stereocenters. The molecular weight excluding hydrogens is 395 g/mol. The van der Waals surface area contributed by atoms with Crippen LogP contribution in [-0.2, 0) is 14.0 Å². The summed E-state index contributed by atoms with van der Waals surface area (Å²) in [5.74, 6) is 0.0334. The summed E-state index contributed by atoms with van der Waals surface area (Å²) >= 11 is 2.41. The van der Waals surface area contributed by atoms with Crippen molar-refractivity contribution in [1.29, 1.82) is 0 Å². The lowest BCUT2D eigenvalue weighted by Gasteiger charge is -2.50. The molecule has 3 aliphatic rings. The minimum absolute atomic E-state index is 0.0334. The first-order chi connectivity index (χ1) is 10.1. The molecule has 5 heteroatoms. The van der Waals surface area contributed by atoms with Crippen LogP contribution in [0, 0.1) is 5.41 Å². The molecule has 2 saturated heterocycles. The minimum Gasteiger partial charge on any atom is -0.462 e. The molecule has 2 aliphatic heterocycles. The average molecular weight is 424 g/mol. The van der Waals surface area contributed by atoms with Gasteiger partial charge in [0.05, 0.1) is 11.5 Å². The molecule has 1 aliphatic carbocycles. The van der Waals surface area contributed by atoms with E-state index in [1.165, 1.54) is 0 Å². The van der Waals surface area contributed by atoms with E-state index in [0.29, 0.717) is 0 Å². The van der Waals surface area contributed by atoms with Crippen LogP contribution in [-0.4, -0.2) is 30.9 Å². The number of hydrogen-bond donors (Lipinski definition) is 0. The van der Waals surface area contributed by atoms with E-state index in [1.54, 1.807) is 0 Å². The van der Waals surface area contributed by atoms with Crippen LogP contribution in [0.4, 0.5) is 0 Å². The van der Waals surface area contributed by atoms with Gasteiger partial charge in [-0.2, -0.15) is 0 Å². The van der Waals surface area contributed by atoms with E-state index >= 15 is 0 Å². The zero-order chi connectivity index (χ0) is 15.5. The molecule has 2 bridgehead atoms.